The lowest BCUT2D eigenvalue weighted by Crippen LogP contribution is -2.83. The summed E-state index contributed by atoms with van der Waals surface area (Å²) in [5, 5.41) is 0.424. The van der Waals surface area contributed by atoms with Crippen LogP contribution in [0.15, 0.2) is 24.3 Å². The van der Waals surface area contributed by atoms with Gasteiger partial charge in [-0.1, -0.05) is 27.5 Å². The van der Waals surface area contributed by atoms with Crippen molar-refractivity contribution < 1.29 is 23.9 Å². The number of hydrogen-bond acceptors (Lipinski definition) is 6. The number of ether oxygens (including phenoxy) is 2. The predicted molar refractivity (Wildman–Crippen MR) is 129 cm³/mol. The van der Waals surface area contributed by atoms with E-state index in [1.165, 1.54) is 23.6 Å². The Hall–Kier alpha value is -1.29. The minimum Gasteiger partial charge on any atom is -0.459 e. The van der Waals surface area contributed by atoms with Gasteiger partial charge in [0.25, 0.3) is 11.6 Å². The second kappa shape index (κ2) is 9.16. The van der Waals surface area contributed by atoms with E-state index in [4.69, 9.17) is 21.1 Å². The monoisotopic (exact) mass is 546 g/mol. The Morgan fingerprint density at radius 3 is 2.44 bits per heavy atom. The van der Waals surface area contributed by atoms with Crippen LogP contribution in [0.25, 0.3) is 0 Å². The molecular weight excluding hydrogens is 520 g/mol. The predicted octanol–water partition coefficient (Wildman–Crippen LogP) is 4.06. The molecule has 0 N–H and O–H groups in total. The second-order valence-corrected chi connectivity index (χ2v) is 11.0. The molecule has 1 aromatic carbocycles. The van der Waals surface area contributed by atoms with Gasteiger partial charge in [0.2, 0.25) is 5.91 Å². The third-order valence-electron chi connectivity index (χ3n) is 5.36. The van der Waals surface area contributed by atoms with Gasteiger partial charge in [0.1, 0.15) is 16.4 Å². The maximum Gasteiger partial charge on any atom is 0.316 e. The zero-order chi connectivity index (χ0) is 23.9. The first-order valence-electron chi connectivity index (χ1n) is 10.3. The number of nitrogens with zero attached hydrogens (tertiary/aromatic N) is 2. The van der Waals surface area contributed by atoms with Crippen LogP contribution in [-0.4, -0.2) is 63.6 Å². The Labute approximate surface area is 206 Å². The molecule has 10 heteroatoms. The van der Waals surface area contributed by atoms with E-state index in [0.29, 0.717) is 21.8 Å². The highest BCUT2D eigenvalue weighted by Gasteiger charge is 2.70. The van der Waals surface area contributed by atoms with Crippen molar-refractivity contribution >= 4 is 62.8 Å². The number of hydrogen-bond donors (Lipinski definition) is 0. The lowest BCUT2D eigenvalue weighted by atomic mass is 9.87. The van der Waals surface area contributed by atoms with Crippen LogP contribution in [0.3, 0.4) is 0 Å². The summed E-state index contributed by atoms with van der Waals surface area (Å²) in [6.45, 7) is 9.07. The maximum atomic E-state index is 13.6. The first kappa shape index (κ1) is 25.3. The van der Waals surface area contributed by atoms with Crippen LogP contribution in [-0.2, 0) is 23.9 Å². The third-order valence-corrected chi connectivity index (χ3v) is 8.29. The molecule has 3 rings (SSSR count). The Balaban J connectivity index is 1.95. The van der Waals surface area contributed by atoms with Crippen LogP contribution in [0.5, 0.6) is 0 Å². The molecule has 7 nitrogen and oxygen atoms in total. The molecule has 2 saturated heterocycles. The van der Waals surface area contributed by atoms with Gasteiger partial charge < -0.3 is 14.4 Å². The molecular formula is C22H28BrClN2O5S. The highest BCUT2D eigenvalue weighted by Crippen LogP contribution is 2.52. The van der Waals surface area contributed by atoms with Gasteiger partial charge in [-0.15, -0.1) is 11.8 Å². The van der Waals surface area contributed by atoms with Crippen molar-refractivity contribution in [3.05, 3.63) is 29.3 Å². The van der Waals surface area contributed by atoms with E-state index in [0.717, 1.165) is 0 Å². The smallest absolute Gasteiger partial charge is 0.316 e. The first-order valence-corrected chi connectivity index (χ1v) is 12.9. The average molecular weight is 548 g/mol. The minimum absolute atomic E-state index is 0.185. The normalized spacial score (nSPS) is 27.4. The fourth-order valence-corrected chi connectivity index (χ4v) is 6.63. The van der Waals surface area contributed by atoms with Gasteiger partial charge >= 0.3 is 5.97 Å². The summed E-state index contributed by atoms with van der Waals surface area (Å²) in [6, 6.07) is 6.72. The number of β-lactam (4-membered cyclic amide) rings is 1. The Kier molecular flexibility index (Phi) is 7.25. The Morgan fingerprint density at radius 2 is 1.94 bits per heavy atom. The fraction of sp³-hybridized carbons (Fsp3) is 0.591. The average Bonchev–Trinajstić information content (AvgIpc) is 2.72. The summed E-state index contributed by atoms with van der Waals surface area (Å²) < 4.78 is 11.7. The van der Waals surface area contributed by atoms with Crippen molar-refractivity contribution in [2.45, 2.75) is 51.3 Å². The van der Waals surface area contributed by atoms with E-state index in [-0.39, 0.29) is 30.9 Å². The van der Waals surface area contributed by atoms with Crippen molar-refractivity contribution in [2.24, 2.45) is 5.41 Å². The van der Waals surface area contributed by atoms with Crippen molar-refractivity contribution in [3.63, 3.8) is 0 Å². The van der Waals surface area contributed by atoms with Crippen molar-refractivity contribution in [3.8, 4) is 0 Å². The van der Waals surface area contributed by atoms with Gasteiger partial charge in [-0.2, -0.15) is 0 Å². The zero-order valence-electron chi connectivity index (χ0n) is 18.8. The van der Waals surface area contributed by atoms with Crippen LogP contribution in [0, 0.1) is 5.41 Å². The molecule has 2 aliphatic heterocycles. The number of benzene rings is 1. The highest BCUT2D eigenvalue weighted by molar-refractivity contribution is 9.09. The number of esters is 1. The molecule has 2 heterocycles. The summed E-state index contributed by atoms with van der Waals surface area (Å²) in [4.78, 5) is 42.4. The lowest BCUT2D eigenvalue weighted by Gasteiger charge is -2.62. The number of alkyl halides is 1. The number of halogens is 2. The van der Waals surface area contributed by atoms with E-state index in [1.54, 1.807) is 36.1 Å². The number of thioether (sulfide) groups is 1. The molecule has 0 aromatic heterocycles. The molecule has 2 amide bonds. The van der Waals surface area contributed by atoms with Crippen LogP contribution in [0.4, 0.5) is 5.69 Å². The molecule has 0 bridgehead atoms. The number of anilines is 1. The van der Waals surface area contributed by atoms with E-state index in [9.17, 15) is 14.4 Å². The molecule has 176 valence electrons. The summed E-state index contributed by atoms with van der Waals surface area (Å²) in [5.74, 6) is -0.604. The fourth-order valence-electron chi connectivity index (χ4n) is 4.00. The topological polar surface area (TPSA) is 76.2 Å². The summed E-state index contributed by atoms with van der Waals surface area (Å²) in [7, 11) is 0. The molecule has 2 aliphatic rings. The highest BCUT2D eigenvalue weighted by atomic mass is 79.9. The van der Waals surface area contributed by atoms with Crippen molar-refractivity contribution in [2.75, 3.05) is 29.1 Å². The number of carbonyl (C=O) groups is 3. The molecule has 0 radical (unpaired) electrons. The summed E-state index contributed by atoms with van der Waals surface area (Å²) >= 11 is 10.9. The molecule has 3 atom stereocenters. The summed E-state index contributed by atoms with van der Waals surface area (Å²) in [6.07, 6.45) is 0. The Bertz CT molecular complexity index is 909. The number of carbonyl (C=O) groups excluding carboxylic acids is 3. The number of fused-ring (bicyclic) bond motifs is 1. The number of amides is 2. The van der Waals surface area contributed by atoms with Gasteiger partial charge in [0.05, 0.1) is 0 Å². The van der Waals surface area contributed by atoms with Crippen LogP contribution in [0.2, 0.25) is 5.02 Å². The van der Waals surface area contributed by atoms with E-state index >= 15 is 0 Å². The van der Waals surface area contributed by atoms with Gasteiger partial charge in [-0.3, -0.25) is 19.3 Å². The molecule has 0 aliphatic carbocycles. The van der Waals surface area contributed by atoms with Gasteiger partial charge in [-0.25, -0.2) is 0 Å². The molecule has 2 fully saturated rings. The Morgan fingerprint density at radius 1 is 1.31 bits per heavy atom. The van der Waals surface area contributed by atoms with Crippen molar-refractivity contribution in [1.29, 1.82) is 0 Å². The van der Waals surface area contributed by atoms with E-state index in [1.807, 2.05) is 20.8 Å². The molecule has 2 unspecified atom stereocenters. The number of rotatable bonds is 6. The molecule has 0 spiro atoms. The standard InChI is InChI=1S/C22H28BrClN2O5S/c1-6-30-22(26(14(2)27)16-9-7-15(24)8-10-16)17(28)25-12-21(11-23,13-32-18(22)25)19(29)31-20(3,4)5/h7-10,18H,6,11-13H2,1-5H3/t18-,21?,22?/m1/s1. The maximum absolute atomic E-state index is 13.6. The van der Waals surface area contributed by atoms with Crippen LogP contribution in [0.1, 0.15) is 34.6 Å². The first-order chi connectivity index (χ1) is 14.9. The molecule has 0 saturated carbocycles. The lowest BCUT2D eigenvalue weighted by molar-refractivity contribution is -0.199. The van der Waals surface area contributed by atoms with Crippen molar-refractivity contribution in [1.82, 2.24) is 4.90 Å². The SMILES string of the molecule is CCOC1(N(C(C)=O)c2ccc(Cl)cc2)C(=O)N2CC(CBr)(C(=O)OC(C)(C)C)CS[C@@H]21. The second-order valence-electron chi connectivity index (χ2n) is 8.97. The van der Waals surface area contributed by atoms with Crippen LogP contribution < -0.4 is 4.90 Å². The molecule has 1 aromatic rings. The van der Waals surface area contributed by atoms with Gasteiger partial charge in [0.15, 0.2) is 0 Å². The van der Waals surface area contributed by atoms with E-state index < -0.39 is 22.1 Å². The largest absolute Gasteiger partial charge is 0.459 e. The van der Waals surface area contributed by atoms with Gasteiger partial charge in [-0.05, 0) is 52.0 Å². The summed E-state index contributed by atoms with van der Waals surface area (Å²) in [5.41, 5.74) is -2.48. The van der Waals surface area contributed by atoms with Gasteiger partial charge in [0, 0.05) is 41.9 Å². The molecule has 32 heavy (non-hydrogen) atoms. The third kappa shape index (κ3) is 4.29. The van der Waals surface area contributed by atoms with E-state index in [2.05, 4.69) is 15.9 Å². The minimum atomic E-state index is -1.48. The van der Waals surface area contributed by atoms with Crippen LogP contribution >= 0.6 is 39.3 Å². The zero-order valence-corrected chi connectivity index (χ0v) is 22.0. The quantitative estimate of drug-likeness (QED) is 0.231.